The van der Waals surface area contributed by atoms with Gasteiger partial charge in [0.05, 0.1) is 0 Å². The first kappa shape index (κ1) is 9.54. The van der Waals surface area contributed by atoms with Crippen LogP contribution in [0.3, 0.4) is 0 Å². The summed E-state index contributed by atoms with van der Waals surface area (Å²) in [5, 5.41) is 0. The quantitative estimate of drug-likeness (QED) is 0.610. The van der Waals surface area contributed by atoms with Crippen LogP contribution in [-0.2, 0) is 4.79 Å². The molecule has 0 amide bonds. The summed E-state index contributed by atoms with van der Waals surface area (Å²) in [6, 6.07) is 0. The SMILES string of the molecule is CC(C)(Cl)C(=O)C(Cl)Cl. The predicted molar refractivity (Wildman–Crippen MR) is 40.4 cm³/mol. The molecule has 0 unspecified atom stereocenters. The lowest BCUT2D eigenvalue weighted by atomic mass is 10.1. The van der Waals surface area contributed by atoms with E-state index in [2.05, 4.69) is 0 Å². The lowest BCUT2D eigenvalue weighted by Crippen LogP contribution is -2.29. The van der Waals surface area contributed by atoms with Crippen LogP contribution in [0.25, 0.3) is 0 Å². The highest BCUT2D eigenvalue weighted by Gasteiger charge is 2.28. The van der Waals surface area contributed by atoms with E-state index in [-0.39, 0.29) is 5.78 Å². The Morgan fingerprint density at radius 3 is 1.78 bits per heavy atom. The zero-order chi connectivity index (χ0) is 7.65. The van der Waals surface area contributed by atoms with Gasteiger partial charge in [0.1, 0.15) is 4.87 Å². The highest BCUT2D eigenvalue weighted by molar-refractivity contribution is 6.57. The Labute approximate surface area is 69.3 Å². The van der Waals surface area contributed by atoms with E-state index in [4.69, 9.17) is 34.8 Å². The Bertz CT molecular complexity index is 114. The Morgan fingerprint density at radius 1 is 1.44 bits per heavy atom. The Kier molecular flexibility index (Phi) is 3.27. The van der Waals surface area contributed by atoms with E-state index in [0.717, 1.165) is 0 Å². The summed E-state index contributed by atoms with van der Waals surface area (Å²) in [5.74, 6) is -0.368. The Hall–Kier alpha value is 0.540. The molecule has 0 spiro atoms. The molecule has 1 nitrogen and oxygen atoms in total. The maximum atomic E-state index is 10.8. The average Bonchev–Trinajstić information content (AvgIpc) is 1.62. The summed E-state index contributed by atoms with van der Waals surface area (Å²) in [7, 11) is 0. The van der Waals surface area contributed by atoms with Crippen molar-refractivity contribution < 1.29 is 4.79 Å². The molecule has 9 heavy (non-hydrogen) atoms. The smallest absolute Gasteiger partial charge is 0.185 e. The van der Waals surface area contributed by atoms with Crippen molar-refractivity contribution in [2.45, 2.75) is 23.6 Å². The highest BCUT2D eigenvalue weighted by atomic mass is 35.5. The van der Waals surface area contributed by atoms with Crippen LogP contribution in [0.5, 0.6) is 0 Å². The molecule has 0 fully saturated rings. The van der Waals surface area contributed by atoms with Crippen molar-refractivity contribution in [3.8, 4) is 0 Å². The van der Waals surface area contributed by atoms with E-state index in [1.54, 1.807) is 13.8 Å². The fourth-order valence-corrected chi connectivity index (χ4v) is 1.03. The van der Waals surface area contributed by atoms with Gasteiger partial charge in [0, 0.05) is 0 Å². The van der Waals surface area contributed by atoms with Crippen LogP contribution >= 0.6 is 34.8 Å². The third kappa shape index (κ3) is 3.29. The molecule has 0 aliphatic rings. The van der Waals surface area contributed by atoms with Crippen LogP contribution in [0.4, 0.5) is 0 Å². The fourth-order valence-electron chi connectivity index (χ4n) is 0.259. The van der Waals surface area contributed by atoms with Crippen LogP contribution in [0.1, 0.15) is 13.8 Å². The third-order valence-corrected chi connectivity index (χ3v) is 1.37. The molecule has 0 saturated heterocycles. The molecule has 0 heterocycles. The first-order chi connectivity index (χ1) is 3.85. The molecule has 0 bridgehead atoms. The first-order valence-electron chi connectivity index (χ1n) is 2.37. The average molecular weight is 189 g/mol. The van der Waals surface area contributed by atoms with Gasteiger partial charge in [0.15, 0.2) is 10.6 Å². The maximum absolute atomic E-state index is 10.8. The van der Waals surface area contributed by atoms with Gasteiger partial charge in [-0.05, 0) is 13.8 Å². The lowest BCUT2D eigenvalue weighted by molar-refractivity contribution is -0.119. The number of ketones is 1. The lowest BCUT2D eigenvalue weighted by Gasteiger charge is -2.13. The number of hydrogen-bond donors (Lipinski definition) is 0. The number of carbonyl (C=O) groups is 1. The van der Waals surface area contributed by atoms with E-state index < -0.39 is 9.71 Å². The number of alkyl halides is 3. The van der Waals surface area contributed by atoms with Crippen molar-refractivity contribution in [2.24, 2.45) is 0 Å². The molecule has 0 aliphatic carbocycles. The summed E-state index contributed by atoms with van der Waals surface area (Å²) >= 11 is 16.0. The first-order valence-corrected chi connectivity index (χ1v) is 3.62. The van der Waals surface area contributed by atoms with Crippen LogP contribution in [-0.4, -0.2) is 15.5 Å². The maximum Gasteiger partial charge on any atom is 0.185 e. The summed E-state index contributed by atoms with van der Waals surface area (Å²) in [6.07, 6.45) is 0. The van der Waals surface area contributed by atoms with Crippen molar-refractivity contribution >= 4 is 40.6 Å². The number of hydrogen-bond acceptors (Lipinski definition) is 1. The minimum atomic E-state index is -1.02. The Balaban J connectivity index is 4.06. The second-order valence-corrected chi connectivity index (χ2v) is 4.18. The van der Waals surface area contributed by atoms with Gasteiger partial charge in [-0.25, -0.2) is 0 Å². The van der Waals surface area contributed by atoms with Crippen LogP contribution < -0.4 is 0 Å². The van der Waals surface area contributed by atoms with Gasteiger partial charge >= 0.3 is 0 Å². The summed E-state index contributed by atoms with van der Waals surface area (Å²) in [4.78, 5) is 8.80. The Morgan fingerprint density at radius 2 is 1.78 bits per heavy atom. The van der Waals surface area contributed by atoms with E-state index in [9.17, 15) is 4.79 Å². The van der Waals surface area contributed by atoms with Gasteiger partial charge in [-0.2, -0.15) is 0 Å². The van der Waals surface area contributed by atoms with Gasteiger partial charge in [-0.15, -0.1) is 11.6 Å². The zero-order valence-corrected chi connectivity index (χ0v) is 7.39. The number of rotatable bonds is 2. The largest absolute Gasteiger partial charge is 0.295 e. The standard InChI is InChI=1S/C5H7Cl3O/c1-5(2,8)3(9)4(6)7/h4H,1-2H3. The van der Waals surface area contributed by atoms with Crippen molar-refractivity contribution in [3.63, 3.8) is 0 Å². The third-order valence-electron chi connectivity index (χ3n) is 0.784. The normalized spacial score (nSPS) is 12.2. The monoisotopic (exact) mass is 188 g/mol. The molecule has 0 saturated carbocycles. The van der Waals surface area contributed by atoms with Crippen molar-refractivity contribution in [2.75, 3.05) is 0 Å². The van der Waals surface area contributed by atoms with Gasteiger partial charge in [0.25, 0.3) is 0 Å². The fraction of sp³-hybridized carbons (Fsp3) is 0.800. The van der Waals surface area contributed by atoms with E-state index in [0.29, 0.717) is 0 Å². The van der Waals surface area contributed by atoms with Crippen LogP contribution in [0, 0.1) is 0 Å². The van der Waals surface area contributed by atoms with Crippen molar-refractivity contribution in [1.29, 1.82) is 0 Å². The molecule has 0 aromatic rings. The molecule has 54 valence electrons. The molecule has 0 radical (unpaired) electrons. The molecule has 4 heteroatoms. The molecular formula is C5H7Cl3O. The minimum absolute atomic E-state index is 0.368. The van der Waals surface area contributed by atoms with Crippen molar-refractivity contribution in [1.82, 2.24) is 0 Å². The zero-order valence-electron chi connectivity index (χ0n) is 5.12. The van der Waals surface area contributed by atoms with Gasteiger partial charge in [-0.1, -0.05) is 23.2 Å². The van der Waals surface area contributed by atoms with E-state index >= 15 is 0 Å². The van der Waals surface area contributed by atoms with Crippen molar-refractivity contribution in [3.05, 3.63) is 0 Å². The summed E-state index contributed by atoms with van der Waals surface area (Å²) < 4.78 is 0. The van der Waals surface area contributed by atoms with Crippen LogP contribution in [0.15, 0.2) is 0 Å². The van der Waals surface area contributed by atoms with Gasteiger partial charge in [-0.3, -0.25) is 4.79 Å². The second kappa shape index (κ2) is 3.09. The molecule has 0 aliphatic heterocycles. The van der Waals surface area contributed by atoms with Gasteiger partial charge < -0.3 is 0 Å². The summed E-state index contributed by atoms with van der Waals surface area (Å²) in [6.45, 7) is 3.10. The number of halogens is 3. The number of carbonyl (C=O) groups excluding carboxylic acids is 1. The minimum Gasteiger partial charge on any atom is -0.295 e. The molecule has 0 aromatic carbocycles. The second-order valence-electron chi connectivity index (χ2n) is 2.14. The molecular weight excluding hydrogens is 182 g/mol. The van der Waals surface area contributed by atoms with E-state index in [1.165, 1.54) is 0 Å². The predicted octanol–water partition coefficient (Wildman–Crippen LogP) is 2.38. The molecule has 0 aromatic heterocycles. The topological polar surface area (TPSA) is 17.1 Å². The number of Topliss-reactive ketones (excluding diaryl/α,β-unsaturated/α-hetero) is 1. The van der Waals surface area contributed by atoms with Gasteiger partial charge in [0.2, 0.25) is 0 Å². The summed E-state index contributed by atoms with van der Waals surface area (Å²) in [5.41, 5.74) is 0. The highest BCUT2D eigenvalue weighted by Crippen LogP contribution is 2.20. The molecule has 0 atom stereocenters. The molecule has 0 N–H and O–H groups in total. The van der Waals surface area contributed by atoms with E-state index in [1.807, 2.05) is 0 Å². The molecule has 0 rings (SSSR count). The van der Waals surface area contributed by atoms with Crippen LogP contribution in [0.2, 0.25) is 0 Å².